The average Bonchev–Trinajstić information content (AvgIpc) is 2.12. The molecule has 0 spiro atoms. The molecule has 0 nitrogen and oxygen atoms in total. The molecule has 2 heteroatoms. The lowest BCUT2D eigenvalue weighted by Gasteiger charge is -2.04. The van der Waals surface area contributed by atoms with E-state index in [-0.39, 0.29) is 0 Å². The minimum atomic E-state index is 1.13. The van der Waals surface area contributed by atoms with Crippen molar-refractivity contribution in [3.05, 3.63) is 44.8 Å². The van der Waals surface area contributed by atoms with Crippen molar-refractivity contribution in [2.45, 2.75) is 6.92 Å². The van der Waals surface area contributed by atoms with Gasteiger partial charge in [-0.05, 0) is 41.5 Å². The maximum atomic E-state index is 3.52. The smallest absolute Gasteiger partial charge is 0.0210 e. The first-order valence-electron chi connectivity index (χ1n) is 4.03. The third-order valence-corrected chi connectivity index (χ3v) is 3.54. The summed E-state index contributed by atoms with van der Waals surface area (Å²) in [5.41, 5.74) is 1.30. The Hall–Kier alpha value is -0.340. The fourth-order valence-corrected chi connectivity index (χ4v) is 2.15. The molecule has 0 heterocycles. The molecular formula is C11H8Br2. The molecule has 0 amide bonds. The van der Waals surface area contributed by atoms with E-state index in [9.17, 15) is 0 Å². The molecule has 0 atom stereocenters. The predicted octanol–water partition coefficient (Wildman–Crippen LogP) is 4.67. The lowest BCUT2D eigenvalue weighted by molar-refractivity contribution is 1.48. The topological polar surface area (TPSA) is 0 Å². The number of rotatable bonds is 0. The number of hydrogen-bond donors (Lipinski definition) is 0. The van der Waals surface area contributed by atoms with Gasteiger partial charge >= 0.3 is 0 Å². The highest BCUT2D eigenvalue weighted by atomic mass is 79.9. The Morgan fingerprint density at radius 2 is 1.77 bits per heavy atom. The molecular weight excluding hydrogens is 292 g/mol. The van der Waals surface area contributed by atoms with Crippen LogP contribution in [0.2, 0.25) is 0 Å². The van der Waals surface area contributed by atoms with Gasteiger partial charge in [-0.15, -0.1) is 0 Å². The lowest BCUT2D eigenvalue weighted by Crippen LogP contribution is -1.80. The number of aryl methyl sites for hydroxylation is 1. The second-order valence-corrected chi connectivity index (χ2v) is 4.81. The summed E-state index contributed by atoms with van der Waals surface area (Å²) >= 11 is 6.99. The molecule has 2 aromatic carbocycles. The van der Waals surface area contributed by atoms with Crippen LogP contribution >= 0.6 is 31.9 Å². The van der Waals surface area contributed by atoms with Crippen molar-refractivity contribution in [1.82, 2.24) is 0 Å². The van der Waals surface area contributed by atoms with Crippen LogP contribution in [0.15, 0.2) is 39.3 Å². The van der Waals surface area contributed by atoms with Crippen LogP contribution < -0.4 is 0 Å². The van der Waals surface area contributed by atoms with E-state index in [1.165, 1.54) is 20.8 Å². The van der Waals surface area contributed by atoms with Crippen LogP contribution in [0.3, 0.4) is 0 Å². The molecule has 0 fully saturated rings. The minimum absolute atomic E-state index is 1.13. The normalized spacial score (nSPS) is 10.7. The fraction of sp³-hybridized carbons (Fsp3) is 0.0909. The van der Waals surface area contributed by atoms with Crippen LogP contribution in [0.5, 0.6) is 0 Å². The molecule has 0 saturated heterocycles. The number of benzene rings is 2. The Kier molecular flexibility index (Phi) is 2.43. The van der Waals surface area contributed by atoms with Gasteiger partial charge in [0, 0.05) is 8.95 Å². The van der Waals surface area contributed by atoms with E-state index in [1.807, 2.05) is 0 Å². The molecule has 66 valence electrons. The third-order valence-electron chi connectivity index (χ3n) is 2.19. The molecule has 0 radical (unpaired) electrons. The second kappa shape index (κ2) is 3.43. The SMILES string of the molecule is Cc1c(Br)ccc2cc(Br)ccc12. The number of halogens is 2. The highest BCUT2D eigenvalue weighted by Crippen LogP contribution is 2.27. The first kappa shape index (κ1) is 9.22. The fourth-order valence-electron chi connectivity index (χ4n) is 1.43. The Balaban J connectivity index is 2.87. The second-order valence-electron chi connectivity index (χ2n) is 3.04. The summed E-state index contributed by atoms with van der Waals surface area (Å²) in [5.74, 6) is 0. The summed E-state index contributed by atoms with van der Waals surface area (Å²) in [4.78, 5) is 0. The predicted molar refractivity (Wildman–Crippen MR) is 64.1 cm³/mol. The Labute approximate surface area is 94.2 Å². The van der Waals surface area contributed by atoms with Crippen molar-refractivity contribution >= 4 is 42.6 Å². The third kappa shape index (κ3) is 1.65. The standard InChI is InChI=1S/C11H8Br2/c1-7-10-4-3-9(12)6-8(10)2-5-11(7)13/h2-6H,1H3. The van der Waals surface area contributed by atoms with Crippen LogP contribution in [-0.2, 0) is 0 Å². The summed E-state index contributed by atoms with van der Waals surface area (Å²) in [5, 5.41) is 2.58. The molecule has 0 aliphatic rings. The average molecular weight is 300 g/mol. The van der Waals surface area contributed by atoms with Crippen LogP contribution in [0.25, 0.3) is 10.8 Å². The van der Waals surface area contributed by atoms with E-state index in [0.29, 0.717) is 0 Å². The van der Waals surface area contributed by atoms with E-state index in [1.54, 1.807) is 0 Å². The van der Waals surface area contributed by atoms with Crippen molar-refractivity contribution in [3.63, 3.8) is 0 Å². The Bertz CT molecular complexity index is 461. The molecule has 0 saturated carbocycles. The maximum Gasteiger partial charge on any atom is 0.0210 e. The van der Waals surface area contributed by atoms with E-state index >= 15 is 0 Å². The van der Waals surface area contributed by atoms with Gasteiger partial charge < -0.3 is 0 Å². The van der Waals surface area contributed by atoms with Gasteiger partial charge in [0.2, 0.25) is 0 Å². The summed E-state index contributed by atoms with van der Waals surface area (Å²) in [6.07, 6.45) is 0. The highest BCUT2D eigenvalue weighted by Gasteiger charge is 2.00. The molecule has 2 rings (SSSR count). The van der Waals surface area contributed by atoms with Crippen LogP contribution in [0.4, 0.5) is 0 Å². The zero-order valence-corrected chi connectivity index (χ0v) is 10.3. The highest BCUT2D eigenvalue weighted by molar-refractivity contribution is 9.10. The maximum absolute atomic E-state index is 3.52. The summed E-state index contributed by atoms with van der Waals surface area (Å²) in [6.45, 7) is 2.13. The van der Waals surface area contributed by atoms with Gasteiger partial charge in [-0.2, -0.15) is 0 Å². The lowest BCUT2D eigenvalue weighted by atomic mass is 10.1. The van der Waals surface area contributed by atoms with Crippen molar-refractivity contribution in [3.8, 4) is 0 Å². The van der Waals surface area contributed by atoms with Crippen molar-refractivity contribution < 1.29 is 0 Å². The van der Waals surface area contributed by atoms with E-state index in [0.717, 1.165) is 4.47 Å². The van der Waals surface area contributed by atoms with Gasteiger partial charge in [0.15, 0.2) is 0 Å². The van der Waals surface area contributed by atoms with Gasteiger partial charge in [-0.1, -0.05) is 44.0 Å². The molecule has 0 unspecified atom stereocenters. The quantitative estimate of drug-likeness (QED) is 0.663. The summed E-state index contributed by atoms with van der Waals surface area (Å²) < 4.78 is 2.30. The molecule has 0 bridgehead atoms. The molecule has 0 N–H and O–H groups in total. The number of hydrogen-bond acceptors (Lipinski definition) is 0. The summed E-state index contributed by atoms with van der Waals surface area (Å²) in [6, 6.07) is 10.6. The van der Waals surface area contributed by atoms with Gasteiger partial charge in [-0.3, -0.25) is 0 Å². The van der Waals surface area contributed by atoms with Crippen LogP contribution in [0, 0.1) is 6.92 Å². The van der Waals surface area contributed by atoms with Gasteiger partial charge in [-0.25, -0.2) is 0 Å². The van der Waals surface area contributed by atoms with Crippen molar-refractivity contribution in [1.29, 1.82) is 0 Å². The van der Waals surface area contributed by atoms with Crippen molar-refractivity contribution in [2.75, 3.05) is 0 Å². The van der Waals surface area contributed by atoms with Crippen LogP contribution in [0.1, 0.15) is 5.56 Å². The number of fused-ring (bicyclic) bond motifs is 1. The van der Waals surface area contributed by atoms with E-state index < -0.39 is 0 Å². The zero-order chi connectivity index (χ0) is 9.42. The Morgan fingerprint density at radius 1 is 1.00 bits per heavy atom. The largest absolute Gasteiger partial charge is 0.0532 e. The molecule has 0 aromatic heterocycles. The molecule has 13 heavy (non-hydrogen) atoms. The van der Waals surface area contributed by atoms with E-state index in [4.69, 9.17) is 0 Å². The van der Waals surface area contributed by atoms with E-state index in [2.05, 4.69) is 69.1 Å². The minimum Gasteiger partial charge on any atom is -0.0532 e. The Morgan fingerprint density at radius 3 is 2.54 bits per heavy atom. The first-order valence-corrected chi connectivity index (χ1v) is 5.61. The molecule has 0 aliphatic heterocycles. The van der Waals surface area contributed by atoms with Gasteiger partial charge in [0.1, 0.15) is 0 Å². The van der Waals surface area contributed by atoms with Gasteiger partial charge in [0.05, 0.1) is 0 Å². The monoisotopic (exact) mass is 298 g/mol. The van der Waals surface area contributed by atoms with Crippen molar-refractivity contribution in [2.24, 2.45) is 0 Å². The molecule has 2 aromatic rings. The first-order chi connectivity index (χ1) is 6.18. The molecule has 0 aliphatic carbocycles. The van der Waals surface area contributed by atoms with Gasteiger partial charge in [0.25, 0.3) is 0 Å². The van der Waals surface area contributed by atoms with Crippen LogP contribution in [-0.4, -0.2) is 0 Å². The summed E-state index contributed by atoms with van der Waals surface area (Å²) in [7, 11) is 0. The zero-order valence-electron chi connectivity index (χ0n) is 7.14.